The lowest BCUT2D eigenvalue weighted by Gasteiger charge is -2.33. The number of aromatic nitrogens is 1. The highest BCUT2D eigenvalue weighted by Gasteiger charge is 2.38. The number of likely N-dealkylation sites (tertiary alicyclic amines) is 1. The van der Waals surface area contributed by atoms with E-state index >= 15 is 0 Å². The van der Waals surface area contributed by atoms with Crippen molar-refractivity contribution in [2.45, 2.75) is 31.6 Å². The second-order valence-electron chi connectivity index (χ2n) is 9.75. The molecule has 1 saturated heterocycles. The maximum atomic E-state index is 13.4. The van der Waals surface area contributed by atoms with Crippen molar-refractivity contribution >= 4 is 28.2 Å². The van der Waals surface area contributed by atoms with E-state index in [1.807, 2.05) is 23.1 Å². The second-order valence-corrected chi connectivity index (χ2v) is 9.75. The first-order chi connectivity index (χ1) is 17.6. The van der Waals surface area contributed by atoms with Gasteiger partial charge in [-0.15, -0.1) is 0 Å². The molecule has 3 aliphatic rings. The summed E-state index contributed by atoms with van der Waals surface area (Å²) in [5.41, 5.74) is 10.9. The van der Waals surface area contributed by atoms with Gasteiger partial charge in [-0.1, -0.05) is 0 Å². The molecule has 0 spiro atoms. The van der Waals surface area contributed by atoms with Crippen LogP contribution in [0.5, 0.6) is 11.5 Å². The number of hydrogen-bond acceptors (Lipinski definition) is 7. The number of benzene rings is 2. The van der Waals surface area contributed by atoms with Gasteiger partial charge in [0.05, 0.1) is 37.2 Å². The van der Waals surface area contributed by atoms with Crippen LogP contribution in [0.3, 0.4) is 0 Å². The Morgan fingerprint density at radius 1 is 1.19 bits per heavy atom. The number of rotatable bonds is 6. The van der Waals surface area contributed by atoms with Crippen LogP contribution in [0.1, 0.15) is 35.1 Å². The number of nitrogens with zero attached hydrogens (tertiary/aromatic N) is 3. The van der Waals surface area contributed by atoms with E-state index in [4.69, 9.17) is 19.9 Å². The van der Waals surface area contributed by atoms with Crippen molar-refractivity contribution in [1.82, 2.24) is 9.47 Å². The highest BCUT2D eigenvalue weighted by molar-refractivity contribution is 5.99. The third kappa shape index (κ3) is 3.83. The van der Waals surface area contributed by atoms with Crippen LogP contribution in [-0.4, -0.2) is 68.5 Å². The number of nitrogens with two attached hydrogens (primary N) is 1. The average Bonchev–Trinajstić information content (AvgIpc) is 3.45. The average molecular weight is 492 g/mol. The molecule has 2 aromatic carbocycles. The molecule has 6 rings (SSSR count). The molecule has 9 heteroatoms. The minimum Gasteiger partial charge on any atom is -0.497 e. The Morgan fingerprint density at radius 2 is 2.08 bits per heavy atom. The van der Waals surface area contributed by atoms with Crippen molar-refractivity contribution < 1.29 is 19.0 Å². The van der Waals surface area contributed by atoms with Gasteiger partial charge in [-0.3, -0.25) is 4.79 Å². The number of nitrogens with one attached hydrogen (secondary N) is 1. The molecule has 9 nitrogen and oxygen atoms in total. The molecule has 1 fully saturated rings. The summed E-state index contributed by atoms with van der Waals surface area (Å²) < 4.78 is 19.3. The van der Waals surface area contributed by atoms with Gasteiger partial charge in [0.2, 0.25) is 0 Å². The Hall–Kier alpha value is -3.43. The largest absolute Gasteiger partial charge is 0.497 e. The Labute approximate surface area is 210 Å². The van der Waals surface area contributed by atoms with E-state index in [1.165, 1.54) is 0 Å². The number of carbonyl (C=O) groups excluding carboxylic acids is 1. The molecular weight excluding hydrogens is 458 g/mol. The van der Waals surface area contributed by atoms with Gasteiger partial charge in [0, 0.05) is 49.8 Å². The van der Waals surface area contributed by atoms with Crippen LogP contribution in [-0.2, 0) is 11.3 Å². The van der Waals surface area contributed by atoms with Crippen molar-refractivity contribution in [3.05, 3.63) is 47.7 Å². The number of piperidine rings is 1. The summed E-state index contributed by atoms with van der Waals surface area (Å²) in [7, 11) is 3.41. The summed E-state index contributed by atoms with van der Waals surface area (Å²) in [4.78, 5) is 17.6. The highest BCUT2D eigenvalue weighted by Crippen LogP contribution is 2.50. The lowest BCUT2D eigenvalue weighted by molar-refractivity contribution is 0.0708. The van der Waals surface area contributed by atoms with E-state index in [9.17, 15) is 4.79 Å². The van der Waals surface area contributed by atoms with Crippen molar-refractivity contribution in [3.8, 4) is 11.5 Å². The van der Waals surface area contributed by atoms with Crippen LogP contribution < -0.4 is 25.4 Å². The monoisotopic (exact) mass is 491 g/mol. The molecule has 190 valence electrons. The maximum absolute atomic E-state index is 13.4. The third-order valence-electron chi connectivity index (χ3n) is 7.49. The smallest absolute Gasteiger partial charge is 0.254 e. The SMILES string of the molecule is COCCn1c([C@@H]2Nc3cc(C(=O)N4CCCC(N)C4)cc4c3N2CCO4)cc2ccc(OC)cc21. The van der Waals surface area contributed by atoms with Gasteiger partial charge >= 0.3 is 0 Å². The number of anilines is 2. The Morgan fingerprint density at radius 3 is 2.89 bits per heavy atom. The predicted octanol–water partition coefficient (Wildman–Crippen LogP) is 3.18. The highest BCUT2D eigenvalue weighted by atomic mass is 16.5. The molecule has 0 saturated carbocycles. The van der Waals surface area contributed by atoms with E-state index in [1.54, 1.807) is 14.2 Å². The molecule has 1 aromatic heterocycles. The van der Waals surface area contributed by atoms with Crippen LogP contribution in [0.25, 0.3) is 10.9 Å². The summed E-state index contributed by atoms with van der Waals surface area (Å²) in [6.45, 7) is 3.96. The summed E-state index contributed by atoms with van der Waals surface area (Å²) in [6, 6.07) is 12.3. The van der Waals surface area contributed by atoms with Crippen LogP contribution >= 0.6 is 0 Å². The predicted molar refractivity (Wildman–Crippen MR) is 139 cm³/mol. The summed E-state index contributed by atoms with van der Waals surface area (Å²) >= 11 is 0. The molecule has 2 atom stereocenters. The second kappa shape index (κ2) is 9.22. The van der Waals surface area contributed by atoms with Gasteiger partial charge in [-0.25, -0.2) is 0 Å². The van der Waals surface area contributed by atoms with Crippen LogP contribution in [0, 0.1) is 0 Å². The fourth-order valence-electron chi connectivity index (χ4n) is 5.75. The maximum Gasteiger partial charge on any atom is 0.254 e. The molecule has 3 N–H and O–H groups in total. The van der Waals surface area contributed by atoms with Gasteiger partial charge in [-0.05, 0) is 43.2 Å². The molecule has 1 amide bonds. The normalized spacial score (nSPS) is 20.8. The van der Waals surface area contributed by atoms with Crippen LogP contribution in [0.15, 0.2) is 36.4 Å². The minimum atomic E-state index is -0.0911. The first kappa shape index (κ1) is 23.0. The van der Waals surface area contributed by atoms with E-state index < -0.39 is 0 Å². The Balaban J connectivity index is 1.38. The topological polar surface area (TPSA) is 94.2 Å². The van der Waals surface area contributed by atoms with Crippen molar-refractivity contribution in [1.29, 1.82) is 0 Å². The lowest BCUT2D eigenvalue weighted by atomic mass is 10.0. The molecule has 1 unspecified atom stereocenters. The molecule has 0 radical (unpaired) electrons. The fourth-order valence-corrected chi connectivity index (χ4v) is 5.75. The zero-order chi connectivity index (χ0) is 24.8. The zero-order valence-electron chi connectivity index (χ0n) is 20.8. The summed E-state index contributed by atoms with van der Waals surface area (Å²) in [6.07, 6.45) is 1.81. The van der Waals surface area contributed by atoms with Crippen molar-refractivity contribution in [2.24, 2.45) is 5.73 Å². The van der Waals surface area contributed by atoms with Crippen LogP contribution in [0.4, 0.5) is 11.4 Å². The Kier molecular flexibility index (Phi) is 5.89. The van der Waals surface area contributed by atoms with Gasteiger partial charge in [0.15, 0.2) is 0 Å². The van der Waals surface area contributed by atoms with E-state index in [2.05, 4.69) is 33.0 Å². The van der Waals surface area contributed by atoms with E-state index in [0.717, 1.165) is 65.4 Å². The lowest BCUT2D eigenvalue weighted by Crippen LogP contribution is -2.45. The molecule has 0 bridgehead atoms. The number of methoxy groups -OCH3 is 2. The molecule has 36 heavy (non-hydrogen) atoms. The zero-order valence-corrected chi connectivity index (χ0v) is 20.8. The molecular formula is C27H33N5O4. The molecule has 4 heterocycles. The van der Waals surface area contributed by atoms with Gasteiger partial charge in [0.1, 0.15) is 30.0 Å². The van der Waals surface area contributed by atoms with E-state index in [0.29, 0.717) is 31.9 Å². The number of amides is 1. The number of carbonyl (C=O) groups is 1. The first-order valence-corrected chi connectivity index (χ1v) is 12.6. The molecule has 0 aliphatic carbocycles. The van der Waals surface area contributed by atoms with Crippen molar-refractivity contribution in [3.63, 3.8) is 0 Å². The first-order valence-electron chi connectivity index (χ1n) is 12.6. The number of hydrogen-bond donors (Lipinski definition) is 2. The molecule has 3 aromatic rings. The molecule has 3 aliphatic heterocycles. The van der Waals surface area contributed by atoms with E-state index in [-0.39, 0.29) is 18.1 Å². The van der Waals surface area contributed by atoms with Gasteiger partial charge in [-0.2, -0.15) is 0 Å². The Bertz CT molecular complexity index is 1310. The van der Waals surface area contributed by atoms with Crippen LogP contribution in [0.2, 0.25) is 0 Å². The summed E-state index contributed by atoms with van der Waals surface area (Å²) in [5.74, 6) is 1.58. The quantitative estimate of drug-likeness (QED) is 0.547. The summed E-state index contributed by atoms with van der Waals surface area (Å²) in [5, 5.41) is 4.85. The van der Waals surface area contributed by atoms with Crippen molar-refractivity contribution in [2.75, 3.05) is 57.3 Å². The number of fused-ring (bicyclic) bond motifs is 1. The number of ether oxygens (including phenoxy) is 3. The third-order valence-corrected chi connectivity index (χ3v) is 7.49. The minimum absolute atomic E-state index is 0.0106. The van der Waals surface area contributed by atoms with Gasteiger partial charge < -0.3 is 39.6 Å². The van der Waals surface area contributed by atoms with Gasteiger partial charge in [0.25, 0.3) is 5.91 Å². The fraction of sp³-hybridized carbons (Fsp3) is 0.444. The standard InChI is InChI=1S/C27H33N5O4/c1-34-10-8-31-22-15-20(35-2)6-5-17(22)13-23(31)26-29-21-12-18(14-24-25(21)32(26)9-11-36-24)27(33)30-7-3-4-19(28)16-30/h5-6,12-15,19,26,29H,3-4,7-11,16,28H2,1-2H3/t19?,26-/m1/s1.